The summed E-state index contributed by atoms with van der Waals surface area (Å²) in [4.78, 5) is 14.5. The zero-order valence-corrected chi connectivity index (χ0v) is 17.2. The van der Waals surface area contributed by atoms with Crippen molar-refractivity contribution >= 4 is 17.5 Å². The van der Waals surface area contributed by atoms with Crippen LogP contribution >= 0.6 is 11.6 Å². The fraction of sp³-hybridized carbons (Fsp3) is 0.545. The van der Waals surface area contributed by atoms with Crippen molar-refractivity contribution in [2.45, 2.75) is 50.5 Å². The van der Waals surface area contributed by atoms with E-state index in [1.165, 1.54) is 17.7 Å². The number of ether oxygens (including phenoxy) is 1. The standard InChI is InChI=1S/C22H26ClFN2O3/c23-20-14-19(29-25-20)5-6-21(27)26-10-8-22(9-11-26)15-17(7-12-28-22)13-16-1-3-18(24)4-2-16/h1-4,14,17H,5-13,15H2. The molecule has 1 aromatic heterocycles. The van der Waals surface area contributed by atoms with Crippen LogP contribution in [0.5, 0.6) is 0 Å². The maximum Gasteiger partial charge on any atom is 0.223 e. The van der Waals surface area contributed by atoms with E-state index in [4.69, 9.17) is 20.9 Å². The number of likely N-dealkylation sites (tertiary alicyclic amines) is 1. The first kappa shape index (κ1) is 20.4. The van der Waals surface area contributed by atoms with Gasteiger partial charge in [-0.1, -0.05) is 28.9 Å². The van der Waals surface area contributed by atoms with Gasteiger partial charge in [0.2, 0.25) is 5.91 Å². The third-order valence-electron chi connectivity index (χ3n) is 6.18. The molecular formula is C22H26ClFN2O3. The summed E-state index contributed by atoms with van der Waals surface area (Å²) in [5, 5.41) is 3.95. The van der Waals surface area contributed by atoms with Gasteiger partial charge in [0.25, 0.3) is 0 Å². The van der Waals surface area contributed by atoms with E-state index in [1.807, 2.05) is 17.0 Å². The zero-order valence-electron chi connectivity index (χ0n) is 16.4. The number of carbonyl (C=O) groups is 1. The number of aromatic nitrogens is 1. The van der Waals surface area contributed by atoms with Crippen LogP contribution < -0.4 is 0 Å². The van der Waals surface area contributed by atoms with Gasteiger partial charge in [0.05, 0.1) is 5.60 Å². The Morgan fingerprint density at radius 2 is 2.03 bits per heavy atom. The molecule has 29 heavy (non-hydrogen) atoms. The number of halogens is 2. The third kappa shape index (κ3) is 5.17. The molecule has 2 fully saturated rings. The van der Waals surface area contributed by atoms with Crippen LogP contribution in [0.3, 0.4) is 0 Å². The van der Waals surface area contributed by atoms with Gasteiger partial charge in [0, 0.05) is 38.6 Å². The van der Waals surface area contributed by atoms with Gasteiger partial charge in [-0.25, -0.2) is 4.39 Å². The van der Waals surface area contributed by atoms with Crippen LogP contribution in [0.2, 0.25) is 5.15 Å². The summed E-state index contributed by atoms with van der Waals surface area (Å²) < 4.78 is 24.4. The van der Waals surface area contributed by atoms with Crippen molar-refractivity contribution in [1.29, 1.82) is 0 Å². The highest BCUT2D eigenvalue weighted by Gasteiger charge is 2.41. The molecule has 2 saturated heterocycles. The Balaban J connectivity index is 1.27. The molecule has 0 aliphatic carbocycles. The Bertz CT molecular complexity index is 831. The zero-order chi connectivity index (χ0) is 20.3. The molecule has 4 rings (SSSR count). The van der Waals surface area contributed by atoms with E-state index in [-0.39, 0.29) is 17.3 Å². The highest BCUT2D eigenvalue weighted by Crippen LogP contribution is 2.39. The van der Waals surface area contributed by atoms with E-state index >= 15 is 0 Å². The Labute approximate surface area is 175 Å². The van der Waals surface area contributed by atoms with E-state index in [0.717, 1.165) is 51.8 Å². The van der Waals surface area contributed by atoms with Crippen molar-refractivity contribution in [2.24, 2.45) is 5.92 Å². The number of hydrogen-bond acceptors (Lipinski definition) is 4. The fourth-order valence-electron chi connectivity index (χ4n) is 4.56. The molecule has 0 saturated carbocycles. The van der Waals surface area contributed by atoms with Gasteiger partial charge < -0.3 is 14.2 Å². The second-order valence-electron chi connectivity index (χ2n) is 8.22. The van der Waals surface area contributed by atoms with Crippen molar-refractivity contribution in [3.63, 3.8) is 0 Å². The fourth-order valence-corrected chi connectivity index (χ4v) is 4.72. The smallest absolute Gasteiger partial charge is 0.223 e. The number of rotatable bonds is 5. The van der Waals surface area contributed by atoms with Gasteiger partial charge in [-0.2, -0.15) is 0 Å². The summed E-state index contributed by atoms with van der Waals surface area (Å²) in [5.74, 6) is 1.11. The van der Waals surface area contributed by atoms with Crippen LogP contribution in [-0.4, -0.2) is 41.3 Å². The predicted octanol–water partition coefficient (Wildman–Crippen LogP) is 4.43. The molecule has 1 amide bonds. The predicted molar refractivity (Wildman–Crippen MR) is 107 cm³/mol. The van der Waals surface area contributed by atoms with E-state index in [0.29, 0.717) is 29.7 Å². The monoisotopic (exact) mass is 420 g/mol. The molecule has 2 aromatic rings. The Hall–Kier alpha value is -1.92. The molecule has 156 valence electrons. The largest absolute Gasteiger partial charge is 0.375 e. The Kier molecular flexibility index (Phi) is 6.20. The molecule has 1 aromatic carbocycles. The number of hydrogen-bond donors (Lipinski definition) is 0. The molecule has 1 unspecified atom stereocenters. The summed E-state index contributed by atoms with van der Waals surface area (Å²) in [5.41, 5.74) is 1.05. The van der Waals surface area contributed by atoms with Crippen LogP contribution in [-0.2, 0) is 22.4 Å². The minimum Gasteiger partial charge on any atom is -0.375 e. The van der Waals surface area contributed by atoms with Gasteiger partial charge >= 0.3 is 0 Å². The van der Waals surface area contributed by atoms with Gasteiger partial charge in [0.15, 0.2) is 5.15 Å². The quantitative estimate of drug-likeness (QED) is 0.718. The van der Waals surface area contributed by atoms with Crippen molar-refractivity contribution in [3.8, 4) is 0 Å². The molecule has 2 aliphatic heterocycles. The SMILES string of the molecule is O=C(CCc1cc(Cl)no1)N1CCC2(CC1)CC(Cc1ccc(F)cc1)CCO2. The molecule has 0 N–H and O–H groups in total. The average Bonchev–Trinajstić information content (AvgIpc) is 3.14. The average molecular weight is 421 g/mol. The molecule has 7 heteroatoms. The summed E-state index contributed by atoms with van der Waals surface area (Å²) in [7, 11) is 0. The van der Waals surface area contributed by atoms with Crippen LogP contribution in [0.1, 0.15) is 43.4 Å². The van der Waals surface area contributed by atoms with Crippen LogP contribution in [0.25, 0.3) is 0 Å². The van der Waals surface area contributed by atoms with Crippen LogP contribution in [0, 0.1) is 11.7 Å². The lowest BCUT2D eigenvalue weighted by atomic mass is 9.77. The molecule has 1 atom stereocenters. The van der Waals surface area contributed by atoms with Crippen LogP contribution in [0.15, 0.2) is 34.9 Å². The lowest BCUT2D eigenvalue weighted by molar-refractivity contribution is -0.147. The molecule has 5 nitrogen and oxygen atoms in total. The van der Waals surface area contributed by atoms with Crippen molar-refractivity contribution in [1.82, 2.24) is 10.1 Å². The van der Waals surface area contributed by atoms with Gasteiger partial charge in [-0.15, -0.1) is 0 Å². The van der Waals surface area contributed by atoms with E-state index in [1.54, 1.807) is 6.07 Å². The molecular weight excluding hydrogens is 395 g/mol. The first-order chi connectivity index (χ1) is 14.0. The lowest BCUT2D eigenvalue weighted by Gasteiger charge is -2.46. The van der Waals surface area contributed by atoms with Crippen molar-refractivity contribution in [2.75, 3.05) is 19.7 Å². The first-order valence-electron chi connectivity index (χ1n) is 10.3. The van der Waals surface area contributed by atoms with Crippen molar-refractivity contribution in [3.05, 3.63) is 52.6 Å². The molecule has 0 radical (unpaired) electrons. The van der Waals surface area contributed by atoms with E-state index < -0.39 is 0 Å². The summed E-state index contributed by atoms with van der Waals surface area (Å²) >= 11 is 5.75. The number of benzene rings is 1. The van der Waals surface area contributed by atoms with Gasteiger partial charge in [0.1, 0.15) is 11.6 Å². The normalized spacial score (nSPS) is 21.4. The second kappa shape index (κ2) is 8.84. The number of aryl methyl sites for hydroxylation is 1. The Morgan fingerprint density at radius 1 is 1.28 bits per heavy atom. The van der Waals surface area contributed by atoms with Gasteiger partial charge in [-0.05, 0) is 55.7 Å². The Morgan fingerprint density at radius 3 is 2.72 bits per heavy atom. The maximum atomic E-state index is 13.1. The molecule has 3 heterocycles. The minimum absolute atomic E-state index is 0.127. The number of piperidine rings is 1. The highest BCUT2D eigenvalue weighted by molar-refractivity contribution is 6.29. The molecule has 1 spiro atoms. The summed E-state index contributed by atoms with van der Waals surface area (Å²) in [6, 6.07) is 8.46. The summed E-state index contributed by atoms with van der Waals surface area (Å²) in [6.07, 6.45) is 5.63. The number of nitrogens with zero attached hydrogens (tertiary/aromatic N) is 2. The number of carbonyl (C=O) groups excluding carboxylic acids is 1. The number of amides is 1. The lowest BCUT2D eigenvalue weighted by Crippen LogP contribution is -2.51. The second-order valence-corrected chi connectivity index (χ2v) is 8.60. The topological polar surface area (TPSA) is 55.6 Å². The van der Waals surface area contributed by atoms with Crippen LogP contribution in [0.4, 0.5) is 4.39 Å². The minimum atomic E-state index is -0.194. The van der Waals surface area contributed by atoms with E-state index in [2.05, 4.69) is 5.16 Å². The van der Waals surface area contributed by atoms with E-state index in [9.17, 15) is 9.18 Å². The third-order valence-corrected chi connectivity index (χ3v) is 6.35. The summed E-state index contributed by atoms with van der Waals surface area (Å²) in [6.45, 7) is 2.20. The maximum absolute atomic E-state index is 13.1. The molecule has 2 aliphatic rings. The van der Waals surface area contributed by atoms with Crippen molar-refractivity contribution < 1.29 is 18.4 Å². The first-order valence-corrected chi connectivity index (χ1v) is 10.7. The highest BCUT2D eigenvalue weighted by atomic mass is 35.5. The van der Waals surface area contributed by atoms with Gasteiger partial charge in [-0.3, -0.25) is 4.79 Å². The molecule has 0 bridgehead atoms.